The molecule has 0 aliphatic heterocycles. The number of benzene rings is 1. The number of carbonyl (C=O) groups excluding carboxylic acids is 3. The number of hydrogen-bond donors (Lipinski definition) is 3. The van der Waals surface area contributed by atoms with Gasteiger partial charge in [-0.25, -0.2) is 4.79 Å². The third-order valence-electron chi connectivity index (χ3n) is 4.57. The third kappa shape index (κ3) is 7.58. The van der Waals surface area contributed by atoms with Crippen molar-refractivity contribution in [3.63, 3.8) is 0 Å². The first-order valence-electron chi connectivity index (χ1n) is 9.70. The first kappa shape index (κ1) is 23.5. The summed E-state index contributed by atoms with van der Waals surface area (Å²) in [4.78, 5) is 36.3. The summed E-state index contributed by atoms with van der Waals surface area (Å²) in [6.45, 7) is 12.4. The summed E-state index contributed by atoms with van der Waals surface area (Å²) in [5.41, 5.74) is 0.341. The number of anilines is 1. The standard InChI is InChI=1S/C21H33N3O4/c1-7-28-18(25)12-21(6,15(4)5)24-20(27)23-17-10-8-16(9-11-17)19(26)22-13-14(2)3/h8-11,14-15H,7,12-13H2,1-6H3,(H,22,26)(H2,23,24,27)/t21-/m1/s1. The fraction of sp³-hybridized carbons (Fsp3) is 0.571. The van der Waals surface area contributed by atoms with Gasteiger partial charge in [0.15, 0.2) is 0 Å². The molecule has 1 rings (SSSR count). The molecular weight excluding hydrogens is 358 g/mol. The maximum atomic E-state index is 12.4. The molecule has 0 unspecified atom stereocenters. The van der Waals surface area contributed by atoms with Gasteiger partial charge < -0.3 is 20.7 Å². The summed E-state index contributed by atoms with van der Waals surface area (Å²) in [6, 6.07) is 6.23. The minimum Gasteiger partial charge on any atom is -0.466 e. The van der Waals surface area contributed by atoms with Gasteiger partial charge in [-0.05, 0) is 49.9 Å². The van der Waals surface area contributed by atoms with Crippen LogP contribution in [0.15, 0.2) is 24.3 Å². The molecule has 3 amide bonds. The maximum absolute atomic E-state index is 12.4. The minimum absolute atomic E-state index is 0.0229. The second-order valence-corrected chi connectivity index (χ2v) is 7.81. The number of hydrogen-bond acceptors (Lipinski definition) is 4. The Morgan fingerprint density at radius 2 is 1.68 bits per heavy atom. The Hall–Kier alpha value is -2.57. The average molecular weight is 392 g/mol. The number of esters is 1. The van der Waals surface area contributed by atoms with Crippen LogP contribution in [0.25, 0.3) is 0 Å². The summed E-state index contributed by atoms with van der Waals surface area (Å²) in [7, 11) is 0. The van der Waals surface area contributed by atoms with Crippen molar-refractivity contribution in [2.75, 3.05) is 18.5 Å². The zero-order valence-corrected chi connectivity index (χ0v) is 17.7. The van der Waals surface area contributed by atoms with Gasteiger partial charge in [0.2, 0.25) is 0 Å². The van der Waals surface area contributed by atoms with E-state index in [0.29, 0.717) is 30.3 Å². The van der Waals surface area contributed by atoms with Gasteiger partial charge in [0.1, 0.15) is 0 Å². The molecule has 0 radical (unpaired) electrons. The summed E-state index contributed by atoms with van der Waals surface area (Å²) in [6.07, 6.45) is 0.0842. The van der Waals surface area contributed by atoms with Gasteiger partial charge in [0, 0.05) is 17.8 Å². The molecule has 0 aliphatic carbocycles. The van der Waals surface area contributed by atoms with Crippen LogP contribution >= 0.6 is 0 Å². The predicted octanol–water partition coefficient (Wildman–Crippen LogP) is 3.56. The van der Waals surface area contributed by atoms with Gasteiger partial charge in [0.25, 0.3) is 5.91 Å². The molecule has 1 aromatic carbocycles. The monoisotopic (exact) mass is 391 g/mol. The third-order valence-corrected chi connectivity index (χ3v) is 4.57. The lowest BCUT2D eigenvalue weighted by Crippen LogP contribution is -2.52. The average Bonchev–Trinajstić information content (AvgIpc) is 2.60. The molecule has 1 aromatic rings. The Morgan fingerprint density at radius 3 is 2.18 bits per heavy atom. The van der Waals surface area contributed by atoms with E-state index in [0.717, 1.165) is 0 Å². The molecule has 0 aliphatic rings. The fourth-order valence-electron chi connectivity index (χ4n) is 2.43. The highest BCUT2D eigenvalue weighted by Gasteiger charge is 2.33. The van der Waals surface area contributed by atoms with Crippen molar-refractivity contribution in [1.29, 1.82) is 0 Å². The molecule has 0 bridgehead atoms. The van der Waals surface area contributed by atoms with E-state index in [4.69, 9.17) is 4.74 Å². The Morgan fingerprint density at radius 1 is 1.07 bits per heavy atom. The van der Waals surface area contributed by atoms with Gasteiger partial charge >= 0.3 is 12.0 Å². The molecule has 0 saturated heterocycles. The van der Waals surface area contributed by atoms with Crippen LogP contribution in [0.3, 0.4) is 0 Å². The largest absolute Gasteiger partial charge is 0.466 e. The quantitative estimate of drug-likeness (QED) is 0.561. The highest BCUT2D eigenvalue weighted by Crippen LogP contribution is 2.22. The number of nitrogens with one attached hydrogen (secondary N) is 3. The van der Waals surface area contributed by atoms with Crippen molar-refractivity contribution in [2.45, 2.75) is 53.5 Å². The molecule has 156 valence electrons. The van der Waals surface area contributed by atoms with E-state index >= 15 is 0 Å². The SMILES string of the molecule is CCOC(=O)C[C@@](C)(NC(=O)Nc1ccc(C(=O)NCC(C)C)cc1)C(C)C. The van der Waals surface area contributed by atoms with Crippen LogP contribution in [0, 0.1) is 11.8 Å². The normalized spacial score (nSPS) is 13.0. The lowest BCUT2D eigenvalue weighted by Gasteiger charge is -2.34. The van der Waals surface area contributed by atoms with Crippen LogP contribution < -0.4 is 16.0 Å². The Bertz CT molecular complexity index is 671. The van der Waals surface area contributed by atoms with E-state index in [2.05, 4.69) is 16.0 Å². The maximum Gasteiger partial charge on any atom is 0.319 e. The zero-order valence-electron chi connectivity index (χ0n) is 17.7. The van der Waals surface area contributed by atoms with Crippen molar-refractivity contribution in [3.8, 4) is 0 Å². The van der Waals surface area contributed by atoms with Crippen molar-refractivity contribution in [1.82, 2.24) is 10.6 Å². The predicted molar refractivity (Wildman–Crippen MR) is 110 cm³/mol. The Labute approximate surface area is 167 Å². The van der Waals surface area contributed by atoms with Crippen LogP contribution in [0.4, 0.5) is 10.5 Å². The summed E-state index contributed by atoms with van der Waals surface area (Å²) >= 11 is 0. The van der Waals surface area contributed by atoms with Crippen molar-refractivity contribution in [3.05, 3.63) is 29.8 Å². The zero-order chi connectivity index (χ0) is 21.3. The molecule has 0 fully saturated rings. The van der Waals surface area contributed by atoms with E-state index in [9.17, 15) is 14.4 Å². The van der Waals surface area contributed by atoms with Crippen LogP contribution in [0.5, 0.6) is 0 Å². The van der Waals surface area contributed by atoms with Gasteiger partial charge in [0.05, 0.1) is 18.6 Å². The van der Waals surface area contributed by atoms with Crippen molar-refractivity contribution < 1.29 is 19.1 Å². The van der Waals surface area contributed by atoms with Gasteiger partial charge in [-0.3, -0.25) is 9.59 Å². The van der Waals surface area contributed by atoms with E-state index in [-0.39, 0.29) is 24.2 Å². The molecule has 7 nitrogen and oxygen atoms in total. The van der Waals surface area contributed by atoms with E-state index in [1.54, 1.807) is 31.2 Å². The van der Waals surface area contributed by atoms with Crippen LogP contribution in [-0.2, 0) is 9.53 Å². The summed E-state index contributed by atoms with van der Waals surface area (Å²) < 4.78 is 5.01. The second-order valence-electron chi connectivity index (χ2n) is 7.81. The molecule has 0 saturated carbocycles. The molecule has 0 aromatic heterocycles. The van der Waals surface area contributed by atoms with Gasteiger partial charge in [-0.15, -0.1) is 0 Å². The molecule has 3 N–H and O–H groups in total. The fourth-order valence-corrected chi connectivity index (χ4v) is 2.43. The Kier molecular flexibility index (Phi) is 8.96. The minimum atomic E-state index is -0.743. The van der Waals surface area contributed by atoms with Crippen molar-refractivity contribution >= 4 is 23.6 Å². The molecule has 28 heavy (non-hydrogen) atoms. The van der Waals surface area contributed by atoms with Crippen molar-refractivity contribution in [2.24, 2.45) is 11.8 Å². The number of urea groups is 1. The lowest BCUT2D eigenvalue weighted by atomic mass is 9.85. The van der Waals surface area contributed by atoms with Crippen LogP contribution in [0.1, 0.15) is 58.3 Å². The molecule has 0 spiro atoms. The van der Waals surface area contributed by atoms with E-state index < -0.39 is 11.6 Å². The number of amides is 3. The van der Waals surface area contributed by atoms with Gasteiger partial charge in [-0.1, -0.05) is 27.7 Å². The number of carbonyl (C=O) groups is 3. The number of rotatable bonds is 9. The topological polar surface area (TPSA) is 96.5 Å². The first-order chi connectivity index (χ1) is 13.1. The van der Waals surface area contributed by atoms with E-state index in [1.807, 2.05) is 34.6 Å². The molecule has 0 heterocycles. The molecular formula is C21H33N3O4. The summed E-state index contributed by atoms with van der Waals surface area (Å²) in [5.74, 6) is -0.101. The highest BCUT2D eigenvalue weighted by molar-refractivity contribution is 5.95. The van der Waals surface area contributed by atoms with E-state index in [1.165, 1.54) is 0 Å². The smallest absolute Gasteiger partial charge is 0.319 e. The Balaban J connectivity index is 2.70. The lowest BCUT2D eigenvalue weighted by molar-refractivity contribution is -0.145. The van der Waals surface area contributed by atoms with Crippen LogP contribution in [-0.4, -0.2) is 36.6 Å². The second kappa shape index (κ2) is 10.7. The molecule has 7 heteroatoms. The first-order valence-corrected chi connectivity index (χ1v) is 9.70. The molecule has 1 atom stereocenters. The van der Waals surface area contributed by atoms with Crippen LogP contribution in [0.2, 0.25) is 0 Å². The summed E-state index contributed by atoms with van der Waals surface area (Å²) in [5, 5.41) is 8.46. The van der Waals surface area contributed by atoms with Gasteiger partial charge in [-0.2, -0.15) is 0 Å². The highest BCUT2D eigenvalue weighted by atomic mass is 16.5. The number of ether oxygens (including phenoxy) is 1.